The van der Waals surface area contributed by atoms with E-state index in [2.05, 4.69) is 10.3 Å². The molecule has 1 aliphatic heterocycles. The van der Waals surface area contributed by atoms with E-state index in [9.17, 15) is 14.4 Å². The number of imide groups is 1. The lowest BCUT2D eigenvalue weighted by molar-refractivity contribution is -0.140. The van der Waals surface area contributed by atoms with Crippen molar-refractivity contribution in [3.05, 3.63) is 30.4 Å². The Morgan fingerprint density at radius 1 is 1.26 bits per heavy atom. The molecule has 1 fully saturated rings. The van der Waals surface area contributed by atoms with Gasteiger partial charge in [0, 0.05) is 18.7 Å². The predicted molar refractivity (Wildman–Crippen MR) is 107 cm³/mol. The van der Waals surface area contributed by atoms with Crippen LogP contribution in [0.25, 0.3) is 10.2 Å². The lowest BCUT2D eigenvalue weighted by Gasteiger charge is -2.14. The van der Waals surface area contributed by atoms with Gasteiger partial charge in [-0.2, -0.15) is 0 Å². The molecule has 1 saturated heterocycles. The molecule has 4 rings (SSSR count). The fraction of sp³-hybridized carbons (Fsp3) is 0.368. The van der Waals surface area contributed by atoms with Gasteiger partial charge in [-0.1, -0.05) is 23.9 Å². The zero-order chi connectivity index (χ0) is 19.0. The first-order valence-corrected chi connectivity index (χ1v) is 10.9. The number of aromatic nitrogens is 1. The van der Waals surface area contributed by atoms with E-state index < -0.39 is 0 Å². The monoisotopic (exact) mass is 401 g/mol. The number of anilines is 1. The number of amides is 3. The number of fused-ring (bicyclic) bond motifs is 2. The van der Waals surface area contributed by atoms with Gasteiger partial charge >= 0.3 is 0 Å². The highest BCUT2D eigenvalue weighted by molar-refractivity contribution is 8.00. The molecule has 8 heteroatoms. The summed E-state index contributed by atoms with van der Waals surface area (Å²) >= 11 is 3.17. The second kappa shape index (κ2) is 7.44. The molecule has 0 radical (unpaired) electrons. The van der Waals surface area contributed by atoms with Gasteiger partial charge in [-0.05, 0) is 37.3 Å². The topological polar surface area (TPSA) is 79.4 Å². The predicted octanol–water partition coefficient (Wildman–Crippen LogP) is 3.30. The van der Waals surface area contributed by atoms with E-state index in [-0.39, 0.29) is 42.5 Å². The Balaban J connectivity index is 1.37. The molecule has 3 amide bonds. The van der Waals surface area contributed by atoms with Gasteiger partial charge < -0.3 is 5.32 Å². The first-order valence-electron chi connectivity index (χ1n) is 8.81. The standard InChI is InChI=1S/C19H19N3O3S2/c1-26-19-21-14-7-6-11(10-15(14)27-19)20-16(23)8-9-22-17(24)12-4-2-3-5-13(12)18(22)25/h2-3,6-7,10,12-13H,4-5,8-9H2,1H3,(H,20,23). The zero-order valence-corrected chi connectivity index (χ0v) is 16.4. The number of allylic oxidation sites excluding steroid dienone is 2. The Bertz CT molecular complexity index is 927. The van der Waals surface area contributed by atoms with E-state index in [1.807, 2.05) is 36.6 Å². The molecule has 1 N–H and O–H groups in total. The van der Waals surface area contributed by atoms with Gasteiger partial charge in [0.25, 0.3) is 0 Å². The fourth-order valence-corrected chi connectivity index (χ4v) is 5.12. The number of nitrogens with one attached hydrogen (secondary N) is 1. The van der Waals surface area contributed by atoms with Crippen LogP contribution in [0.15, 0.2) is 34.7 Å². The summed E-state index contributed by atoms with van der Waals surface area (Å²) in [5, 5.41) is 2.85. The van der Waals surface area contributed by atoms with Crippen molar-refractivity contribution in [2.45, 2.75) is 23.6 Å². The zero-order valence-electron chi connectivity index (χ0n) is 14.8. The SMILES string of the molecule is CSc1nc2ccc(NC(=O)CCN3C(=O)C4CC=CCC4C3=O)cc2s1. The second-order valence-corrected chi connectivity index (χ2v) is 8.73. The van der Waals surface area contributed by atoms with Crippen molar-refractivity contribution in [2.24, 2.45) is 11.8 Å². The van der Waals surface area contributed by atoms with E-state index in [0.29, 0.717) is 18.5 Å². The minimum Gasteiger partial charge on any atom is -0.326 e. The summed E-state index contributed by atoms with van der Waals surface area (Å²) in [4.78, 5) is 42.9. The van der Waals surface area contributed by atoms with Crippen molar-refractivity contribution in [3.63, 3.8) is 0 Å². The smallest absolute Gasteiger partial charge is 0.233 e. The Morgan fingerprint density at radius 2 is 1.96 bits per heavy atom. The molecule has 2 heterocycles. The molecule has 2 aliphatic rings. The highest BCUT2D eigenvalue weighted by Crippen LogP contribution is 2.35. The number of benzene rings is 1. The number of carbonyl (C=O) groups is 3. The summed E-state index contributed by atoms with van der Waals surface area (Å²) in [6, 6.07) is 5.60. The maximum absolute atomic E-state index is 12.4. The Morgan fingerprint density at radius 3 is 2.63 bits per heavy atom. The van der Waals surface area contributed by atoms with Crippen molar-refractivity contribution in [3.8, 4) is 0 Å². The number of hydrogen-bond acceptors (Lipinski definition) is 6. The third-order valence-corrected chi connectivity index (χ3v) is 6.99. The fourth-order valence-electron chi connectivity index (χ4n) is 3.59. The third kappa shape index (κ3) is 3.51. The maximum atomic E-state index is 12.4. The molecule has 0 bridgehead atoms. The van der Waals surface area contributed by atoms with Gasteiger partial charge in [-0.3, -0.25) is 19.3 Å². The molecule has 2 unspecified atom stereocenters. The van der Waals surface area contributed by atoms with Crippen LogP contribution < -0.4 is 5.32 Å². The minimum absolute atomic E-state index is 0.0984. The van der Waals surface area contributed by atoms with E-state index in [0.717, 1.165) is 14.6 Å². The average Bonchev–Trinajstić information content (AvgIpc) is 3.19. The number of rotatable bonds is 5. The van der Waals surface area contributed by atoms with Crippen LogP contribution in [0.5, 0.6) is 0 Å². The number of hydrogen-bond donors (Lipinski definition) is 1. The van der Waals surface area contributed by atoms with Crippen molar-refractivity contribution >= 4 is 56.7 Å². The summed E-state index contributed by atoms with van der Waals surface area (Å²) in [5.41, 5.74) is 1.60. The summed E-state index contributed by atoms with van der Waals surface area (Å²) in [6.45, 7) is 0.135. The van der Waals surface area contributed by atoms with Gasteiger partial charge in [0.2, 0.25) is 17.7 Å². The molecule has 2 aromatic rings. The van der Waals surface area contributed by atoms with Crippen molar-refractivity contribution in [1.29, 1.82) is 0 Å². The Labute approximate surface area is 165 Å². The molecule has 0 saturated carbocycles. The molecule has 27 heavy (non-hydrogen) atoms. The van der Waals surface area contributed by atoms with E-state index >= 15 is 0 Å². The molecule has 1 aromatic heterocycles. The molecule has 6 nitrogen and oxygen atoms in total. The Kier molecular flexibility index (Phi) is 5.01. The molecule has 1 aromatic carbocycles. The number of likely N-dealkylation sites (tertiary alicyclic amines) is 1. The van der Waals surface area contributed by atoms with Crippen molar-refractivity contribution in [1.82, 2.24) is 9.88 Å². The van der Waals surface area contributed by atoms with Crippen LogP contribution in [0.4, 0.5) is 5.69 Å². The van der Waals surface area contributed by atoms with Crippen LogP contribution >= 0.6 is 23.1 Å². The number of nitrogens with zero attached hydrogens (tertiary/aromatic N) is 2. The highest BCUT2D eigenvalue weighted by Gasteiger charge is 2.46. The van der Waals surface area contributed by atoms with Crippen LogP contribution in [-0.4, -0.2) is 40.4 Å². The number of carbonyl (C=O) groups excluding carboxylic acids is 3. The largest absolute Gasteiger partial charge is 0.326 e. The molecular weight excluding hydrogens is 382 g/mol. The van der Waals surface area contributed by atoms with Crippen molar-refractivity contribution in [2.75, 3.05) is 18.1 Å². The normalized spacial score (nSPS) is 21.7. The van der Waals surface area contributed by atoms with E-state index in [1.54, 1.807) is 23.1 Å². The van der Waals surface area contributed by atoms with Crippen LogP contribution in [0.2, 0.25) is 0 Å². The first-order chi connectivity index (χ1) is 13.1. The highest BCUT2D eigenvalue weighted by atomic mass is 32.2. The van der Waals surface area contributed by atoms with Crippen LogP contribution in [0.1, 0.15) is 19.3 Å². The molecule has 1 aliphatic carbocycles. The molecular formula is C19H19N3O3S2. The minimum atomic E-state index is -0.245. The summed E-state index contributed by atoms with van der Waals surface area (Å²) in [6.07, 6.45) is 7.23. The van der Waals surface area contributed by atoms with Gasteiger partial charge in [-0.15, -0.1) is 11.3 Å². The molecule has 140 valence electrons. The summed E-state index contributed by atoms with van der Waals surface area (Å²) < 4.78 is 1.99. The maximum Gasteiger partial charge on any atom is 0.233 e. The van der Waals surface area contributed by atoms with Crippen LogP contribution in [-0.2, 0) is 14.4 Å². The van der Waals surface area contributed by atoms with E-state index in [1.165, 1.54) is 4.90 Å². The van der Waals surface area contributed by atoms with Gasteiger partial charge in [-0.25, -0.2) is 4.98 Å². The second-order valence-electron chi connectivity index (χ2n) is 6.65. The van der Waals surface area contributed by atoms with Gasteiger partial charge in [0.05, 0.1) is 22.1 Å². The van der Waals surface area contributed by atoms with Crippen molar-refractivity contribution < 1.29 is 14.4 Å². The quantitative estimate of drug-likeness (QED) is 0.472. The summed E-state index contributed by atoms with van der Waals surface area (Å²) in [7, 11) is 0. The first kappa shape index (κ1) is 18.2. The number of thiazole rings is 1. The third-order valence-electron chi connectivity index (χ3n) is 4.99. The van der Waals surface area contributed by atoms with Crippen LogP contribution in [0.3, 0.4) is 0 Å². The average molecular weight is 402 g/mol. The molecule has 0 spiro atoms. The molecule has 2 atom stereocenters. The van der Waals surface area contributed by atoms with Gasteiger partial charge in [0.1, 0.15) is 0 Å². The lowest BCUT2D eigenvalue weighted by Crippen LogP contribution is -2.34. The van der Waals surface area contributed by atoms with E-state index in [4.69, 9.17) is 0 Å². The van der Waals surface area contributed by atoms with Crippen LogP contribution in [0, 0.1) is 11.8 Å². The Hall–Kier alpha value is -2.19. The lowest BCUT2D eigenvalue weighted by atomic mass is 9.85. The van der Waals surface area contributed by atoms with Gasteiger partial charge in [0.15, 0.2) is 4.34 Å². The number of thioether (sulfide) groups is 1. The summed E-state index contributed by atoms with van der Waals surface area (Å²) in [5.74, 6) is -0.983.